The molecule has 0 aliphatic rings. The number of rotatable bonds is 31. The number of unbranched alkanes of at least 4 members (excludes halogenated alkanes) is 30. The van der Waals surface area contributed by atoms with Gasteiger partial charge in [0.05, 0.1) is 0 Å². The van der Waals surface area contributed by atoms with Gasteiger partial charge in [0.1, 0.15) is 0 Å². The van der Waals surface area contributed by atoms with Crippen LogP contribution in [0.3, 0.4) is 0 Å². The summed E-state index contributed by atoms with van der Waals surface area (Å²) in [4.78, 5) is 0. The lowest BCUT2D eigenvalue weighted by Crippen LogP contribution is -1.85. The zero-order chi connectivity index (χ0) is 24.6. The van der Waals surface area contributed by atoms with Crippen molar-refractivity contribution in [3.05, 3.63) is 0 Å². The van der Waals surface area contributed by atoms with Gasteiger partial charge in [-0.25, -0.2) is 0 Å². The van der Waals surface area contributed by atoms with E-state index in [0.29, 0.717) is 0 Å². The maximum atomic E-state index is 2.50. The fourth-order valence-corrected chi connectivity index (χ4v) is 5.83. The Kier molecular flexibility index (Phi) is 34.5. The van der Waals surface area contributed by atoms with E-state index in [1.807, 2.05) is 0 Å². The molecule has 0 unspecified atom stereocenters. The third kappa shape index (κ3) is 32.7. The van der Waals surface area contributed by atoms with Gasteiger partial charge < -0.3 is 0 Å². The Morgan fingerprint density at radius 1 is 0.235 bits per heavy atom. The van der Waals surface area contributed by atoms with Crippen LogP contribution in [0, 0.1) is 0 Å². The molecule has 0 saturated carbocycles. The minimum absolute atomic E-state index is 1.34. The molecule has 0 atom stereocenters. The molecule has 0 heterocycles. The Bertz CT molecular complexity index is 295. The van der Waals surface area contributed by atoms with Crippen LogP contribution in [0.25, 0.3) is 0 Å². The average Bonchev–Trinajstić information content (AvgIpc) is 2.85. The van der Waals surface area contributed by atoms with E-state index in [2.05, 4.69) is 29.5 Å². The first-order chi connectivity index (χ1) is 16.9. The van der Waals surface area contributed by atoms with Gasteiger partial charge in [0, 0.05) is 0 Å². The van der Waals surface area contributed by atoms with Gasteiger partial charge in [-0.05, 0) is 10.8 Å². The highest BCUT2D eigenvalue weighted by molar-refractivity contribution is 14.1. The Labute approximate surface area is 232 Å². The first-order valence-corrected chi connectivity index (χ1v) is 18.0. The van der Waals surface area contributed by atoms with E-state index in [4.69, 9.17) is 0 Å². The lowest BCUT2D eigenvalue weighted by atomic mass is 10.0. The maximum Gasteiger partial charge on any atom is -0.000473 e. The van der Waals surface area contributed by atoms with Gasteiger partial charge >= 0.3 is 0 Å². The molecular formula is C33H67I. The van der Waals surface area contributed by atoms with E-state index in [0.717, 1.165) is 0 Å². The molecule has 0 spiro atoms. The molecule has 0 amide bonds. The van der Waals surface area contributed by atoms with Gasteiger partial charge in [-0.1, -0.05) is 222 Å². The third-order valence-corrected chi connectivity index (χ3v) is 8.50. The second-order valence-electron chi connectivity index (χ2n) is 11.3. The summed E-state index contributed by atoms with van der Waals surface area (Å²) in [7, 11) is 0. The van der Waals surface area contributed by atoms with Crippen molar-refractivity contribution < 1.29 is 0 Å². The molecule has 34 heavy (non-hydrogen) atoms. The lowest BCUT2D eigenvalue weighted by molar-refractivity contribution is 0.513. The molecule has 0 bridgehead atoms. The summed E-state index contributed by atoms with van der Waals surface area (Å²) in [5.74, 6) is 0. The second-order valence-corrected chi connectivity index (χ2v) is 12.4. The standard InChI is InChI=1S/C33H67I/c1-2-3-4-5-6-7-8-9-10-11-12-13-14-15-16-17-18-19-20-21-22-23-24-25-26-27-28-29-30-31-32-33-34/h2-33H2,1H3. The molecule has 0 rings (SSSR count). The largest absolute Gasteiger partial charge is 0.0864 e. The Morgan fingerprint density at radius 2 is 0.382 bits per heavy atom. The van der Waals surface area contributed by atoms with Crippen LogP contribution in [0.5, 0.6) is 0 Å². The Morgan fingerprint density at radius 3 is 0.529 bits per heavy atom. The van der Waals surface area contributed by atoms with Gasteiger partial charge in [0.25, 0.3) is 0 Å². The first kappa shape index (κ1) is 34.7. The van der Waals surface area contributed by atoms with Crippen molar-refractivity contribution in [1.29, 1.82) is 0 Å². The molecule has 0 saturated heterocycles. The summed E-state index contributed by atoms with van der Waals surface area (Å²) >= 11 is 2.50. The lowest BCUT2D eigenvalue weighted by Gasteiger charge is -2.04. The molecule has 0 aromatic heterocycles. The molecule has 0 N–H and O–H groups in total. The zero-order valence-corrected chi connectivity index (χ0v) is 26.2. The van der Waals surface area contributed by atoms with Crippen molar-refractivity contribution in [2.24, 2.45) is 0 Å². The van der Waals surface area contributed by atoms with Crippen molar-refractivity contribution in [2.45, 2.75) is 206 Å². The monoisotopic (exact) mass is 590 g/mol. The molecule has 0 aliphatic carbocycles. The molecule has 0 aromatic rings. The van der Waals surface area contributed by atoms with E-state index in [1.165, 1.54) is 203 Å². The van der Waals surface area contributed by atoms with Crippen molar-refractivity contribution in [3.8, 4) is 0 Å². The Balaban J connectivity index is 2.99. The van der Waals surface area contributed by atoms with E-state index >= 15 is 0 Å². The van der Waals surface area contributed by atoms with Gasteiger partial charge in [0.15, 0.2) is 0 Å². The van der Waals surface area contributed by atoms with Gasteiger partial charge in [-0.2, -0.15) is 0 Å². The highest BCUT2D eigenvalue weighted by Crippen LogP contribution is 2.16. The molecule has 206 valence electrons. The molecule has 0 fully saturated rings. The highest BCUT2D eigenvalue weighted by Gasteiger charge is 1.97. The predicted octanol–water partition coefficient (Wildman–Crippen LogP) is 13.5. The fraction of sp³-hybridized carbons (Fsp3) is 1.00. The summed E-state index contributed by atoms with van der Waals surface area (Å²) in [6.45, 7) is 2.31. The van der Waals surface area contributed by atoms with E-state index in [9.17, 15) is 0 Å². The average molecular weight is 591 g/mol. The van der Waals surface area contributed by atoms with Crippen LogP contribution in [0.2, 0.25) is 0 Å². The molecule has 0 nitrogen and oxygen atoms in total. The van der Waals surface area contributed by atoms with Gasteiger partial charge in [0.2, 0.25) is 0 Å². The van der Waals surface area contributed by atoms with Crippen LogP contribution in [0.1, 0.15) is 206 Å². The van der Waals surface area contributed by atoms with E-state index in [-0.39, 0.29) is 0 Å². The summed E-state index contributed by atoms with van der Waals surface area (Å²) in [5, 5.41) is 0. The summed E-state index contributed by atoms with van der Waals surface area (Å²) in [6.07, 6.45) is 46.0. The smallest absolute Gasteiger partial charge is 0.000473 e. The maximum absolute atomic E-state index is 2.50. The van der Waals surface area contributed by atoms with Crippen LogP contribution < -0.4 is 0 Å². The minimum atomic E-state index is 1.34. The number of hydrogen-bond acceptors (Lipinski definition) is 0. The summed E-state index contributed by atoms with van der Waals surface area (Å²) in [6, 6.07) is 0. The zero-order valence-electron chi connectivity index (χ0n) is 24.0. The fourth-order valence-electron chi connectivity index (χ4n) is 5.29. The van der Waals surface area contributed by atoms with Crippen molar-refractivity contribution in [3.63, 3.8) is 0 Å². The van der Waals surface area contributed by atoms with Crippen LogP contribution in [0.15, 0.2) is 0 Å². The molecule has 0 aromatic carbocycles. The summed E-state index contributed by atoms with van der Waals surface area (Å²) in [5.41, 5.74) is 0. The van der Waals surface area contributed by atoms with Crippen LogP contribution in [-0.2, 0) is 0 Å². The third-order valence-electron chi connectivity index (χ3n) is 7.74. The normalized spacial score (nSPS) is 11.5. The quantitative estimate of drug-likeness (QED) is 0.0428. The van der Waals surface area contributed by atoms with Crippen LogP contribution >= 0.6 is 22.6 Å². The van der Waals surface area contributed by atoms with Crippen molar-refractivity contribution in [1.82, 2.24) is 0 Å². The minimum Gasteiger partial charge on any atom is -0.0864 e. The number of hydrogen-bond donors (Lipinski definition) is 0. The molecule has 0 radical (unpaired) electrons. The van der Waals surface area contributed by atoms with Crippen molar-refractivity contribution >= 4 is 22.6 Å². The van der Waals surface area contributed by atoms with Gasteiger partial charge in [-0.15, -0.1) is 0 Å². The van der Waals surface area contributed by atoms with E-state index < -0.39 is 0 Å². The SMILES string of the molecule is CCCCCCCCCCCCCCCCCCCCCCCCCCCCCCCCCI. The van der Waals surface area contributed by atoms with Crippen molar-refractivity contribution in [2.75, 3.05) is 4.43 Å². The Hall–Kier alpha value is 0.730. The number of halogens is 1. The topological polar surface area (TPSA) is 0 Å². The van der Waals surface area contributed by atoms with Gasteiger partial charge in [-0.3, -0.25) is 0 Å². The predicted molar refractivity (Wildman–Crippen MR) is 168 cm³/mol. The van der Waals surface area contributed by atoms with Crippen LogP contribution in [-0.4, -0.2) is 4.43 Å². The highest BCUT2D eigenvalue weighted by atomic mass is 127. The molecule has 1 heteroatoms. The summed E-state index contributed by atoms with van der Waals surface area (Å²) < 4.78 is 1.34. The van der Waals surface area contributed by atoms with E-state index in [1.54, 1.807) is 0 Å². The molecule has 0 aliphatic heterocycles. The first-order valence-electron chi connectivity index (χ1n) is 16.5. The second kappa shape index (κ2) is 33.7. The molecular weight excluding hydrogens is 523 g/mol. The van der Waals surface area contributed by atoms with Crippen LogP contribution in [0.4, 0.5) is 0 Å². The number of alkyl halides is 1.